The summed E-state index contributed by atoms with van der Waals surface area (Å²) < 4.78 is 72.8. The molecule has 0 bridgehead atoms. The lowest BCUT2D eigenvalue weighted by Gasteiger charge is -2.20. The van der Waals surface area contributed by atoms with Crippen LogP contribution in [0.2, 0.25) is 0 Å². The molecule has 0 aliphatic carbocycles. The number of halogens is 5. The third kappa shape index (κ3) is 6.15. The number of ether oxygens (including phenoxy) is 2. The molecule has 1 aliphatic rings. The summed E-state index contributed by atoms with van der Waals surface area (Å²) in [5.74, 6) is -4.31. The molecule has 1 unspecified atom stereocenters. The van der Waals surface area contributed by atoms with Crippen LogP contribution in [0.5, 0.6) is 5.75 Å². The summed E-state index contributed by atoms with van der Waals surface area (Å²) in [5, 5.41) is 2.57. The van der Waals surface area contributed by atoms with Crippen molar-refractivity contribution in [1.82, 2.24) is 15.3 Å². The summed E-state index contributed by atoms with van der Waals surface area (Å²) >= 11 is 0. The number of H-pyrrole nitrogens is 1. The van der Waals surface area contributed by atoms with Gasteiger partial charge in [-0.05, 0) is 17.7 Å². The molecule has 1 amide bonds. The smallest absolute Gasteiger partial charge is 0.406 e. The highest BCUT2D eigenvalue weighted by molar-refractivity contribution is 5.92. The van der Waals surface area contributed by atoms with Crippen LogP contribution in [0.15, 0.2) is 35.1 Å². The molecule has 8 nitrogen and oxygen atoms in total. The fraction of sp³-hybridized carbons (Fsp3) is 0.421. The van der Waals surface area contributed by atoms with Gasteiger partial charge in [-0.15, -0.1) is 13.2 Å². The number of amides is 1. The first-order valence-corrected chi connectivity index (χ1v) is 9.35. The number of rotatable bonds is 7. The molecule has 1 aromatic carbocycles. The lowest BCUT2D eigenvalue weighted by atomic mass is 10.1. The van der Waals surface area contributed by atoms with Crippen LogP contribution in [0.3, 0.4) is 0 Å². The zero-order valence-electron chi connectivity index (χ0n) is 16.7. The van der Waals surface area contributed by atoms with Gasteiger partial charge >= 0.3 is 6.36 Å². The van der Waals surface area contributed by atoms with Gasteiger partial charge in [-0.3, -0.25) is 14.6 Å². The van der Waals surface area contributed by atoms with Crippen LogP contribution >= 0.6 is 0 Å². The molecule has 0 saturated carbocycles. The zero-order chi connectivity index (χ0) is 23.5. The number of carbonyl (C=O) groups excluding carboxylic acids is 1. The summed E-state index contributed by atoms with van der Waals surface area (Å²) in [6.45, 7) is -0.723. The highest BCUT2D eigenvalue weighted by Crippen LogP contribution is 2.29. The van der Waals surface area contributed by atoms with Crippen molar-refractivity contribution >= 4 is 11.9 Å². The SMILES string of the molecule is COCC(NC(=O)c1cc(=O)[nH]c(N2CCC(F)(F)C2)n1)c1ccc(OC(F)(F)F)cc1. The van der Waals surface area contributed by atoms with E-state index >= 15 is 0 Å². The molecular formula is C19H19F5N4O4. The second-order valence-electron chi connectivity index (χ2n) is 7.08. The Labute approximate surface area is 178 Å². The number of hydrogen-bond acceptors (Lipinski definition) is 6. The molecule has 174 valence electrons. The fourth-order valence-corrected chi connectivity index (χ4v) is 3.15. The van der Waals surface area contributed by atoms with Crippen molar-refractivity contribution in [2.24, 2.45) is 0 Å². The number of nitrogens with zero attached hydrogens (tertiary/aromatic N) is 2. The van der Waals surface area contributed by atoms with Crippen LogP contribution in [-0.2, 0) is 4.74 Å². The lowest BCUT2D eigenvalue weighted by molar-refractivity contribution is -0.274. The highest BCUT2D eigenvalue weighted by Gasteiger charge is 2.39. The average Bonchev–Trinajstić information content (AvgIpc) is 3.06. The van der Waals surface area contributed by atoms with E-state index in [0.717, 1.165) is 18.2 Å². The number of methoxy groups -OCH3 is 1. The van der Waals surface area contributed by atoms with Crippen molar-refractivity contribution in [3.63, 3.8) is 0 Å². The highest BCUT2D eigenvalue weighted by atomic mass is 19.4. The predicted octanol–water partition coefficient (Wildman–Crippen LogP) is 2.63. The average molecular weight is 462 g/mol. The molecule has 2 heterocycles. The Balaban J connectivity index is 1.77. The van der Waals surface area contributed by atoms with E-state index in [1.165, 1.54) is 24.1 Å². The monoisotopic (exact) mass is 462 g/mol. The lowest BCUT2D eigenvalue weighted by Crippen LogP contribution is -2.34. The van der Waals surface area contributed by atoms with Crippen molar-refractivity contribution in [3.05, 3.63) is 51.9 Å². The first-order valence-electron chi connectivity index (χ1n) is 9.35. The number of aromatic nitrogens is 2. The first-order chi connectivity index (χ1) is 15.0. The molecule has 3 rings (SSSR count). The van der Waals surface area contributed by atoms with Crippen LogP contribution < -0.4 is 20.5 Å². The van der Waals surface area contributed by atoms with E-state index in [-0.39, 0.29) is 24.8 Å². The van der Waals surface area contributed by atoms with Gasteiger partial charge in [0.25, 0.3) is 17.4 Å². The summed E-state index contributed by atoms with van der Waals surface area (Å²) in [4.78, 5) is 32.1. The molecule has 0 radical (unpaired) electrons. The van der Waals surface area contributed by atoms with Gasteiger partial charge in [0, 0.05) is 26.1 Å². The van der Waals surface area contributed by atoms with E-state index in [1.54, 1.807) is 0 Å². The van der Waals surface area contributed by atoms with Crippen LogP contribution in [-0.4, -0.2) is 55.0 Å². The quantitative estimate of drug-likeness (QED) is 0.615. The molecule has 2 N–H and O–H groups in total. The van der Waals surface area contributed by atoms with Crippen LogP contribution in [0.1, 0.15) is 28.5 Å². The summed E-state index contributed by atoms with van der Waals surface area (Å²) in [7, 11) is 1.36. The van der Waals surface area contributed by atoms with Crippen molar-refractivity contribution < 1.29 is 36.2 Å². The van der Waals surface area contributed by atoms with Gasteiger partial charge < -0.3 is 19.7 Å². The minimum Gasteiger partial charge on any atom is -0.406 e. The summed E-state index contributed by atoms with van der Waals surface area (Å²) in [6.07, 6.45) is -5.25. The molecule has 1 atom stereocenters. The van der Waals surface area contributed by atoms with Crippen molar-refractivity contribution in [2.75, 3.05) is 31.7 Å². The number of aromatic amines is 1. The van der Waals surface area contributed by atoms with E-state index in [2.05, 4.69) is 20.0 Å². The number of alkyl halides is 5. The number of benzene rings is 1. The summed E-state index contributed by atoms with van der Waals surface area (Å²) in [6, 6.07) is 4.90. The van der Waals surface area contributed by atoms with Crippen LogP contribution in [0, 0.1) is 0 Å². The van der Waals surface area contributed by atoms with E-state index in [1.807, 2.05) is 0 Å². The first kappa shape index (κ1) is 23.4. The number of nitrogens with one attached hydrogen (secondary N) is 2. The number of anilines is 1. The van der Waals surface area contributed by atoms with Gasteiger partial charge in [0.15, 0.2) is 0 Å². The van der Waals surface area contributed by atoms with Gasteiger partial charge in [0.2, 0.25) is 5.95 Å². The number of carbonyl (C=O) groups is 1. The Morgan fingerprint density at radius 1 is 1.31 bits per heavy atom. The Bertz CT molecular complexity index is 1010. The maximum absolute atomic E-state index is 13.5. The fourth-order valence-electron chi connectivity index (χ4n) is 3.15. The topological polar surface area (TPSA) is 96.5 Å². The molecule has 1 fully saturated rings. The summed E-state index contributed by atoms with van der Waals surface area (Å²) in [5.41, 5.74) is -0.608. The molecule has 0 spiro atoms. The minimum atomic E-state index is -4.84. The Kier molecular flexibility index (Phi) is 6.67. The second-order valence-corrected chi connectivity index (χ2v) is 7.08. The van der Waals surface area contributed by atoms with Crippen molar-refractivity contribution in [2.45, 2.75) is 24.7 Å². The Hall–Kier alpha value is -3.22. The Morgan fingerprint density at radius 3 is 2.56 bits per heavy atom. The maximum atomic E-state index is 13.5. The maximum Gasteiger partial charge on any atom is 0.573 e. The molecule has 13 heteroatoms. The van der Waals surface area contributed by atoms with Gasteiger partial charge in [-0.2, -0.15) is 0 Å². The molecule has 1 aromatic heterocycles. The van der Waals surface area contributed by atoms with E-state index in [4.69, 9.17) is 4.74 Å². The zero-order valence-corrected chi connectivity index (χ0v) is 16.7. The molecule has 32 heavy (non-hydrogen) atoms. The molecular weight excluding hydrogens is 443 g/mol. The van der Waals surface area contributed by atoms with Crippen LogP contribution in [0.25, 0.3) is 0 Å². The standard InChI is InChI=1S/C19H19F5N4O4/c1-31-9-14(11-2-4-12(5-3-11)32-19(22,23)24)25-16(30)13-8-15(29)27-17(26-13)28-7-6-18(20,21)10-28/h2-5,8,14H,6-7,9-10H2,1H3,(H,25,30)(H,26,27,29). The Morgan fingerprint density at radius 2 is 2.00 bits per heavy atom. The van der Waals surface area contributed by atoms with E-state index in [0.29, 0.717) is 5.56 Å². The third-order valence-corrected chi connectivity index (χ3v) is 4.59. The molecule has 1 saturated heterocycles. The van der Waals surface area contributed by atoms with E-state index < -0.39 is 48.5 Å². The third-order valence-electron chi connectivity index (χ3n) is 4.59. The molecule has 2 aromatic rings. The van der Waals surface area contributed by atoms with Crippen molar-refractivity contribution in [3.8, 4) is 5.75 Å². The van der Waals surface area contributed by atoms with Gasteiger partial charge in [0.1, 0.15) is 11.4 Å². The normalized spacial score (nSPS) is 16.6. The van der Waals surface area contributed by atoms with Gasteiger partial charge in [-0.1, -0.05) is 12.1 Å². The second kappa shape index (κ2) is 9.10. The van der Waals surface area contributed by atoms with E-state index in [9.17, 15) is 31.5 Å². The van der Waals surface area contributed by atoms with Gasteiger partial charge in [0.05, 0.1) is 19.2 Å². The molecule has 1 aliphatic heterocycles. The van der Waals surface area contributed by atoms with Crippen LogP contribution in [0.4, 0.5) is 27.9 Å². The minimum absolute atomic E-state index is 0.0420. The predicted molar refractivity (Wildman–Crippen MR) is 102 cm³/mol. The van der Waals surface area contributed by atoms with Gasteiger partial charge in [-0.25, -0.2) is 13.8 Å². The van der Waals surface area contributed by atoms with Crippen molar-refractivity contribution in [1.29, 1.82) is 0 Å². The largest absolute Gasteiger partial charge is 0.573 e. The number of hydrogen-bond donors (Lipinski definition) is 2.